The molecule has 1 aromatic carbocycles. The second kappa shape index (κ2) is 2.74. The second-order valence-corrected chi connectivity index (χ2v) is 2.59. The number of phenols is 1. The monoisotopic (exact) mass is 181 g/mol. The fourth-order valence-electron chi connectivity index (χ4n) is 1.16. The van der Waals surface area contributed by atoms with Gasteiger partial charge in [0.1, 0.15) is 0 Å². The minimum Gasteiger partial charge on any atom is -0.505 e. The van der Waals surface area contributed by atoms with Crippen molar-refractivity contribution in [2.45, 2.75) is 0 Å². The van der Waals surface area contributed by atoms with E-state index in [1.807, 2.05) is 0 Å². The quantitative estimate of drug-likeness (QED) is 0.534. The van der Waals surface area contributed by atoms with Crippen molar-refractivity contribution in [2.75, 3.05) is 0 Å². The van der Waals surface area contributed by atoms with Crippen LogP contribution in [-0.2, 0) is 4.76 Å². The van der Waals surface area contributed by atoms with E-state index < -0.39 is 18.7 Å². The standard InChI is InChI=1S/C7H5BFNO3/c9-7-5(11)2-1-4-3-10-13-8(12)6(4)7/h1-3,11-12H. The number of fused-ring (bicyclic) bond motifs is 1. The zero-order valence-electron chi connectivity index (χ0n) is 6.44. The molecule has 0 fully saturated rings. The van der Waals surface area contributed by atoms with Gasteiger partial charge in [-0.25, -0.2) is 4.39 Å². The molecule has 13 heavy (non-hydrogen) atoms. The average molecular weight is 181 g/mol. The highest BCUT2D eigenvalue weighted by Gasteiger charge is 2.30. The van der Waals surface area contributed by atoms with Gasteiger partial charge in [-0.2, -0.15) is 0 Å². The molecule has 4 nitrogen and oxygen atoms in total. The third-order valence-corrected chi connectivity index (χ3v) is 1.79. The van der Waals surface area contributed by atoms with Crippen molar-refractivity contribution in [3.8, 4) is 5.75 Å². The predicted molar refractivity (Wildman–Crippen MR) is 44.4 cm³/mol. The number of rotatable bonds is 0. The molecular formula is C7H5BFNO3. The van der Waals surface area contributed by atoms with E-state index in [2.05, 4.69) is 9.91 Å². The molecule has 1 aromatic rings. The van der Waals surface area contributed by atoms with E-state index in [0.29, 0.717) is 5.56 Å². The van der Waals surface area contributed by atoms with Crippen molar-refractivity contribution in [3.63, 3.8) is 0 Å². The summed E-state index contributed by atoms with van der Waals surface area (Å²) in [6.45, 7) is 0. The first-order valence-electron chi connectivity index (χ1n) is 3.59. The predicted octanol–water partition coefficient (Wildman–Crippen LogP) is -0.417. The molecule has 0 saturated heterocycles. The van der Waals surface area contributed by atoms with Crippen molar-refractivity contribution in [3.05, 3.63) is 23.5 Å². The number of hydrogen-bond donors (Lipinski definition) is 2. The van der Waals surface area contributed by atoms with Crippen LogP contribution in [0, 0.1) is 5.82 Å². The summed E-state index contributed by atoms with van der Waals surface area (Å²) < 4.78 is 17.6. The molecule has 0 radical (unpaired) electrons. The van der Waals surface area contributed by atoms with Crippen LogP contribution in [0.1, 0.15) is 5.56 Å². The normalized spacial score (nSPS) is 13.8. The molecule has 1 aliphatic heterocycles. The van der Waals surface area contributed by atoms with Gasteiger partial charge in [0, 0.05) is 11.0 Å². The molecule has 1 heterocycles. The molecule has 0 saturated carbocycles. The van der Waals surface area contributed by atoms with Crippen LogP contribution in [0.5, 0.6) is 5.75 Å². The van der Waals surface area contributed by atoms with Gasteiger partial charge in [-0.3, -0.25) is 0 Å². The van der Waals surface area contributed by atoms with E-state index in [1.165, 1.54) is 18.3 Å². The summed E-state index contributed by atoms with van der Waals surface area (Å²) >= 11 is 0. The maximum Gasteiger partial charge on any atom is 0.586 e. The molecule has 66 valence electrons. The molecule has 0 spiro atoms. The topological polar surface area (TPSA) is 62.0 Å². The second-order valence-electron chi connectivity index (χ2n) is 2.59. The van der Waals surface area contributed by atoms with E-state index in [1.54, 1.807) is 0 Å². The number of hydrogen-bond acceptors (Lipinski definition) is 4. The molecule has 2 rings (SSSR count). The maximum absolute atomic E-state index is 13.2. The summed E-state index contributed by atoms with van der Waals surface area (Å²) in [5, 5.41) is 21.5. The Kier molecular flexibility index (Phi) is 1.70. The van der Waals surface area contributed by atoms with Gasteiger partial charge < -0.3 is 14.9 Å². The van der Waals surface area contributed by atoms with Gasteiger partial charge in [0.05, 0.1) is 6.21 Å². The molecule has 0 amide bonds. The van der Waals surface area contributed by atoms with Gasteiger partial charge in [-0.05, 0) is 12.1 Å². The third kappa shape index (κ3) is 1.15. The van der Waals surface area contributed by atoms with E-state index in [-0.39, 0.29) is 5.46 Å². The van der Waals surface area contributed by atoms with E-state index >= 15 is 0 Å². The van der Waals surface area contributed by atoms with E-state index in [4.69, 9.17) is 5.11 Å². The highest BCUT2D eigenvalue weighted by molar-refractivity contribution is 6.62. The molecular weight excluding hydrogens is 176 g/mol. The SMILES string of the molecule is OB1ON=Cc2ccc(O)c(F)c21. The minimum absolute atomic E-state index is 0.0880. The first-order valence-corrected chi connectivity index (χ1v) is 3.59. The lowest BCUT2D eigenvalue weighted by atomic mass is 9.75. The van der Waals surface area contributed by atoms with Crippen LogP contribution in [0.4, 0.5) is 4.39 Å². The smallest absolute Gasteiger partial charge is 0.505 e. The maximum atomic E-state index is 13.2. The molecule has 0 unspecified atom stereocenters. The van der Waals surface area contributed by atoms with Gasteiger partial charge in [0.15, 0.2) is 11.6 Å². The molecule has 6 heteroatoms. The highest BCUT2D eigenvalue weighted by atomic mass is 19.1. The van der Waals surface area contributed by atoms with Crippen LogP contribution in [-0.4, -0.2) is 23.5 Å². The van der Waals surface area contributed by atoms with Crippen LogP contribution in [0.3, 0.4) is 0 Å². The first kappa shape index (κ1) is 8.06. The summed E-state index contributed by atoms with van der Waals surface area (Å²) in [6, 6.07) is 2.64. The molecule has 2 N–H and O–H groups in total. The Hall–Kier alpha value is -1.56. The fourth-order valence-corrected chi connectivity index (χ4v) is 1.16. The van der Waals surface area contributed by atoms with Crippen molar-refractivity contribution >= 4 is 18.8 Å². The number of phenolic OH excluding ortho intramolecular Hbond substituents is 1. The lowest BCUT2D eigenvalue weighted by Gasteiger charge is -2.13. The van der Waals surface area contributed by atoms with Crippen molar-refractivity contribution in [1.82, 2.24) is 0 Å². The number of halogens is 1. The summed E-state index contributed by atoms with van der Waals surface area (Å²) in [4.78, 5) is 0. The van der Waals surface area contributed by atoms with Gasteiger partial charge in [0.25, 0.3) is 0 Å². The number of benzene rings is 1. The van der Waals surface area contributed by atoms with Gasteiger partial charge in [0.2, 0.25) is 0 Å². The van der Waals surface area contributed by atoms with Gasteiger partial charge >= 0.3 is 7.12 Å². The molecule has 0 aromatic heterocycles. The van der Waals surface area contributed by atoms with Crippen LogP contribution in [0.2, 0.25) is 0 Å². The largest absolute Gasteiger partial charge is 0.586 e. The van der Waals surface area contributed by atoms with Crippen molar-refractivity contribution in [1.29, 1.82) is 0 Å². The minimum atomic E-state index is -1.45. The summed E-state index contributed by atoms with van der Waals surface area (Å²) in [6.07, 6.45) is 1.27. The molecule has 1 aliphatic rings. The Morgan fingerprint density at radius 2 is 2.23 bits per heavy atom. The molecule has 0 atom stereocenters. The fraction of sp³-hybridized carbons (Fsp3) is 0. The lowest BCUT2D eigenvalue weighted by molar-refractivity contribution is 0.284. The van der Waals surface area contributed by atoms with Gasteiger partial charge in [-0.1, -0.05) is 0 Å². The van der Waals surface area contributed by atoms with Crippen molar-refractivity contribution in [2.24, 2.45) is 5.16 Å². The Morgan fingerprint density at radius 3 is 3.00 bits per heavy atom. The Labute approximate surface area is 73.4 Å². The Balaban J connectivity index is 2.66. The lowest BCUT2D eigenvalue weighted by Crippen LogP contribution is -2.40. The summed E-state index contributed by atoms with van der Waals surface area (Å²) in [5.41, 5.74) is 0.309. The zero-order chi connectivity index (χ0) is 9.42. The van der Waals surface area contributed by atoms with E-state index in [9.17, 15) is 9.41 Å². The molecule has 0 aliphatic carbocycles. The zero-order valence-corrected chi connectivity index (χ0v) is 6.44. The number of oxime groups is 1. The number of nitrogens with zero attached hydrogens (tertiary/aromatic N) is 1. The third-order valence-electron chi connectivity index (χ3n) is 1.79. The van der Waals surface area contributed by atoms with Gasteiger partial charge in [-0.15, -0.1) is 5.16 Å². The first-order chi connectivity index (χ1) is 6.20. The molecule has 0 bridgehead atoms. The summed E-state index contributed by atoms with van der Waals surface area (Å²) in [5.74, 6) is -1.40. The van der Waals surface area contributed by atoms with Crippen LogP contribution >= 0.6 is 0 Å². The summed E-state index contributed by atoms with van der Waals surface area (Å²) in [7, 11) is -1.45. The van der Waals surface area contributed by atoms with Crippen molar-refractivity contribution < 1.29 is 19.3 Å². The Bertz CT molecular complexity index is 382. The number of aromatic hydroxyl groups is 1. The van der Waals surface area contributed by atoms with Crippen LogP contribution in [0.25, 0.3) is 0 Å². The van der Waals surface area contributed by atoms with E-state index in [0.717, 1.165) is 0 Å². The average Bonchev–Trinajstić information content (AvgIpc) is 2.12. The van der Waals surface area contributed by atoms with Crippen LogP contribution in [0.15, 0.2) is 17.3 Å². The highest BCUT2D eigenvalue weighted by Crippen LogP contribution is 2.15. The Morgan fingerprint density at radius 1 is 1.46 bits per heavy atom. The van der Waals surface area contributed by atoms with Crippen LogP contribution < -0.4 is 5.46 Å².